The molecule has 1 heterocycles. The van der Waals surface area contributed by atoms with Crippen LogP contribution in [0.25, 0.3) is 12.2 Å². The molecule has 0 bridgehead atoms. The van der Waals surface area contributed by atoms with Crippen LogP contribution in [0.15, 0.2) is 30.3 Å². The summed E-state index contributed by atoms with van der Waals surface area (Å²) in [6, 6.07) is 6.73. The van der Waals surface area contributed by atoms with E-state index in [1.54, 1.807) is 30.4 Å². The number of hydrogen-bond acceptors (Lipinski definition) is 3. The number of halogens is 1. The van der Waals surface area contributed by atoms with E-state index in [-0.39, 0.29) is 11.4 Å². The van der Waals surface area contributed by atoms with Crippen LogP contribution in [0.5, 0.6) is 0 Å². The summed E-state index contributed by atoms with van der Waals surface area (Å²) in [5.74, 6) is -0.969. The summed E-state index contributed by atoms with van der Waals surface area (Å²) in [6.45, 7) is 0. The Hall–Kier alpha value is -2.67. The Bertz CT molecular complexity index is 708. The first-order valence-electron chi connectivity index (χ1n) is 5.89. The molecule has 2 aromatic rings. The number of thiophene rings is 1. The molecule has 21 heavy (non-hydrogen) atoms. The van der Waals surface area contributed by atoms with Gasteiger partial charge in [0.05, 0.1) is 5.56 Å². The Morgan fingerprint density at radius 2 is 1.81 bits per heavy atom. The van der Waals surface area contributed by atoms with Gasteiger partial charge in [0.1, 0.15) is 10.8 Å². The smallest absolute Gasteiger partial charge is 0.317 e. The quantitative estimate of drug-likeness (QED) is 0.809. The van der Waals surface area contributed by atoms with Crippen molar-refractivity contribution in [1.29, 1.82) is 0 Å². The Kier molecular flexibility index (Phi) is 4.34. The van der Waals surface area contributed by atoms with Crippen LogP contribution >= 0.6 is 11.3 Å². The molecule has 2 rings (SSSR count). The molecule has 0 aliphatic rings. The highest BCUT2D eigenvalue weighted by Crippen LogP contribution is 2.29. The van der Waals surface area contributed by atoms with Gasteiger partial charge in [0.25, 0.3) is 5.91 Å². The Morgan fingerprint density at radius 1 is 1.14 bits per heavy atom. The van der Waals surface area contributed by atoms with Gasteiger partial charge < -0.3 is 11.5 Å². The summed E-state index contributed by atoms with van der Waals surface area (Å²) >= 11 is 1.16. The van der Waals surface area contributed by atoms with Crippen LogP contribution in [0.1, 0.15) is 20.8 Å². The summed E-state index contributed by atoms with van der Waals surface area (Å²) < 4.78 is 12.8. The molecule has 7 heteroatoms. The lowest BCUT2D eigenvalue weighted by Crippen LogP contribution is -2.21. The second kappa shape index (κ2) is 6.19. The Morgan fingerprint density at radius 3 is 2.38 bits per heavy atom. The largest absolute Gasteiger partial charge is 0.366 e. The van der Waals surface area contributed by atoms with E-state index in [9.17, 15) is 14.0 Å². The molecule has 0 unspecified atom stereocenters. The third-order valence-electron chi connectivity index (χ3n) is 2.56. The molecule has 0 fully saturated rings. The zero-order chi connectivity index (χ0) is 15.4. The van der Waals surface area contributed by atoms with E-state index in [2.05, 4.69) is 5.32 Å². The average molecular weight is 305 g/mol. The van der Waals surface area contributed by atoms with Gasteiger partial charge in [-0.25, -0.2) is 9.18 Å². The van der Waals surface area contributed by atoms with E-state index in [4.69, 9.17) is 11.5 Å². The summed E-state index contributed by atoms with van der Waals surface area (Å²) in [7, 11) is 0. The number of urea groups is 1. The maximum absolute atomic E-state index is 12.8. The minimum absolute atomic E-state index is 0.192. The molecular formula is C14H12FN3O2S. The highest BCUT2D eigenvalue weighted by Gasteiger charge is 2.13. The summed E-state index contributed by atoms with van der Waals surface area (Å²) in [5, 5.41) is 2.65. The van der Waals surface area contributed by atoms with E-state index in [1.807, 2.05) is 0 Å². The van der Waals surface area contributed by atoms with Crippen LogP contribution in [-0.4, -0.2) is 11.9 Å². The van der Waals surface area contributed by atoms with Gasteiger partial charge in [0.2, 0.25) is 0 Å². The van der Waals surface area contributed by atoms with Crippen molar-refractivity contribution in [2.75, 3.05) is 5.32 Å². The number of anilines is 1. The van der Waals surface area contributed by atoms with E-state index < -0.39 is 11.9 Å². The van der Waals surface area contributed by atoms with Crippen LogP contribution in [0.4, 0.5) is 14.2 Å². The highest BCUT2D eigenvalue weighted by molar-refractivity contribution is 7.17. The molecule has 1 aromatic heterocycles. The summed E-state index contributed by atoms with van der Waals surface area (Å²) in [5.41, 5.74) is 11.3. The maximum atomic E-state index is 12.8. The lowest BCUT2D eigenvalue weighted by atomic mass is 10.2. The molecule has 0 saturated heterocycles. The molecule has 0 radical (unpaired) electrons. The van der Waals surface area contributed by atoms with Crippen molar-refractivity contribution in [3.8, 4) is 0 Å². The first kappa shape index (κ1) is 14.7. The SMILES string of the molecule is NC(=O)Nc1sc(/C=C/c2ccc(F)cc2)cc1C(N)=O. The number of carbonyl (C=O) groups is 2. The predicted molar refractivity (Wildman–Crippen MR) is 81.4 cm³/mol. The highest BCUT2D eigenvalue weighted by atomic mass is 32.1. The normalized spacial score (nSPS) is 10.7. The lowest BCUT2D eigenvalue weighted by Gasteiger charge is -1.98. The molecule has 5 nitrogen and oxygen atoms in total. The van der Waals surface area contributed by atoms with Crippen molar-refractivity contribution >= 4 is 40.4 Å². The van der Waals surface area contributed by atoms with Gasteiger partial charge in [-0.3, -0.25) is 10.1 Å². The van der Waals surface area contributed by atoms with Gasteiger partial charge in [0.15, 0.2) is 0 Å². The molecule has 1 aromatic carbocycles. The second-order valence-corrected chi connectivity index (χ2v) is 5.21. The molecule has 3 amide bonds. The monoisotopic (exact) mass is 305 g/mol. The first-order chi connectivity index (χ1) is 9.95. The van der Waals surface area contributed by atoms with Crippen molar-refractivity contribution in [3.63, 3.8) is 0 Å². The minimum Gasteiger partial charge on any atom is -0.366 e. The third-order valence-corrected chi connectivity index (χ3v) is 3.58. The van der Waals surface area contributed by atoms with Gasteiger partial charge in [-0.15, -0.1) is 11.3 Å². The molecule has 0 atom stereocenters. The summed E-state index contributed by atoms with van der Waals surface area (Å²) in [6.07, 6.45) is 3.49. The topological polar surface area (TPSA) is 98.2 Å². The number of amides is 3. The maximum Gasteiger partial charge on any atom is 0.317 e. The fraction of sp³-hybridized carbons (Fsp3) is 0. The van der Waals surface area contributed by atoms with Crippen molar-refractivity contribution < 1.29 is 14.0 Å². The zero-order valence-electron chi connectivity index (χ0n) is 10.8. The molecule has 108 valence electrons. The van der Waals surface area contributed by atoms with Crippen LogP contribution in [0, 0.1) is 5.82 Å². The predicted octanol–water partition coefficient (Wildman–Crippen LogP) is 2.65. The Labute approximate surface area is 124 Å². The number of hydrogen-bond donors (Lipinski definition) is 3. The fourth-order valence-corrected chi connectivity index (χ4v) is 2.60. The van der Waals surface area contributed by atoms with E-state index >= 15 is 0 Å². The van der Waals surface area contributed by atoms with Crippen molar-refractivity contribution in [1.82, 2.24) is 0 Å². The second-order valence-electron chi connectivity index (χ2n) is 4.13. The average Bonchev–Trinajstić information content (AvgIpc) is 2.80. The molecule has 0 aliphatic heterocycles. The lowest BCUT2D eigenvalue weighted by molar-refractivity contribution is 0.100. The van der Waals surface area contributed by atoms with E-state index in [0.29, 0.717) is 9.88 Å². The number of nitrogens with two attached hydrogens (primary N) is 2. The fourth-order valence-electron chi connectivity index (χ4n) is 1.63. The minimum atomic E-state index is -0.770. The van der Waals surface area contributed by atoms with Gasteiger partial charge in [-0.2, -0.15) is 0 Å². The van der Waals surface area contributed by atoms with E-state index in [0.717, 1.165) is 16.9 Å². The molecular weight excluding hydrogens is 293 g/mol. The molecule has 0 saturated carbocycles. The first-order valence-corrected chi connectivity index (χ1v) is 6.71. The van der Waals surface area contributed by atoms with E-state index in [1.165, 1.54) is 12.1 Å². The van der Waals surface area contributed by atoms with Gasteiger partial charge in [0, 0.05) is 4.88 Å². The van der Waals surface area contributed by atoms with Gasteiger partial charge in [-0.1, -0.05) is 18.2 Å². The van der Waals surface area contributed by atoms with Crippen LogP contribution in [0.2, 0.25) is 0 Å². The van der Waals surface area contributed by atoms with Gasteiger partial charge in [-0.05, 0) is 29.8 Å². The number of nitrogens with one attached hydrogen (secondary N) is 1. The van der Waals surface area contributed by atoms with Crippen LogP contribution in [-0.2, 0) is 0 Å². The van der Waals surface area contributed by atoms with Gasteiger partial charge >= 0.3 is 6.03 Å². The van der Waals surface area contributed by atoms with Crippen LogP contribution in [0.3, 0.4) is 0 Å². The van der Waals surface area contributed by atoms with Crippen molar-refractivity contribution in [3.05, 3.63) is 52.2 Å². The molecule has 5 N–H and O–H groups in total. The number of carbonyl (C=O) groups excluding carboxylic acids is 2. The molecule has 0 aliphatic carbocycles. The van der Waals surface area contributed by atoms with Crippen LogP contribution < -0.4 is 16.8 Å². The van der Waals surface area contributed by atoms with Crippen molar-refractivity contribution in [2.24, 2.45) is 11.5 Å². The number of benzene rings is 1. The van der Waals surface area contributed by atoms with Crippen molar-refractivity contribution in [2.45, 2.75) is 0 Å². The standard InChI is InChI=1S/C14H12FN3O2S/c15-9-4-1-8(2-5-9)3-6-10-7-11(12(16)19)13(21-10)18-14(17)20/h1-7H,(H2,16,19)(H3,17,18,20)/b6-3+. The number of rotatable bonds is 4. The third kappa shape index (κ3) is 3.90. The summed E-state index contributed by atoms with van der Waals surface area (Å²) in [4.78, 5) is 22.9. The number of primary amides is 2. The molecule has 0 spiro atoms. The Balaban J connectivity index is 2.25. The zero-order valence-corrected chi connectivity index (χ0v) is 11.6.